The molecule has 0 N–H and O–H groups in total. The fourth-order valence-electron chi connectivity index (χ4n) is 0.725. The Hall–Kier alpha value is 0.724. The molecule has 0 saturated carbocycles. The molecule has 0 amide bonds. The molecule has 11 heavy (non-hydrogen) atoms. The Bertz CT molecular complexity index is 203. The first-order chi connectivity index (χ1) is 4.51. The quantitative estimate of drug-likeness (QED) is 0.601. The summed E-state index contributed by atoms with van der Waals surface area (Å²) in [6.45, 7) is 3.80. The maximum Gasteiger partial charge on any atom is 0.138 e. The molecule has 0 aromatic carbocycles. The van der Waals surface area contributed by atoms with E-state index in [-0.39, 0.29) is 38.3 Å². The van der Waals surface area contributed by atoms with Gasteiger partial charge in [0.15, 0.2) is 0 Å². The zero-order valence-electron chi connectivity index (χ0n) is 6.66. The molecule has 0 bridgehead atoms. The number of oxime groups is 1. The smallest absolute Gasteiger partial charge is 0.138 e. The molecule has 61 valence electrons. The van der Waals surface area contributed by atoms with Gasteiger partial charge in [-0.1, -0.05) is 16.0 Å². The Morgan fingerprint density at radius 1 is 1.73 bits per heavy atom. The van der Waals surface area contributed by atoms with E-state index in [1.165, 1.54) is 0 Å². The molecule has 0 aromatic rings. The third kappa shape index (κ3) is 3.30. The van der Waals surface area contributed by atoms with Crippen molar-refractivity contribution in [1.82, 2.24) is 0 Å². The van der Waals surface area contributed by atoms with Crippen molar-refractivity contribution in [2.75, 3.05) is 0 Å². The second-order valence-corrected chi connectivity index (χ2v) is 4.02. The predicted octanol–water partition coefficient (Wildman–Crippen LogP) is 1.04. The number of rotatable bonds is 0. The molecule has 1 aliphatic rings. The van der Waals surface area contributed by atoms with Crippen LogP contribution < -0.4 is 0 Å². The summed E-state index contributed by atoms with van der Waals surface area (Å²) in [4.78, 5) is 4.97. The molecule has 1 rings (SSSR count). The molecule has 0 spiro atoms. The van der Waals surface area contributed by atoms with Crippen LogP contribution in [0.15, 0.2) is 5.16 Å². The molecule has 1 atom stereocenters. The summed E-state index contributed by atoms with van der Waals surface area (Å²) in [5, 5.41) is 4.19. The van der Waals surface area contributed by atoms with Crippen LogP contribution in [0.1, 0.15) is 20.3 Å². The van der Waals surface area contributed by atoms with Gasteiger partial charge in [-0.05, 0) is 13.8 Å². The monoisotopic (exact) mass is 249 g/mol. The molecule has 0 aromatic heterocycles. The topological polar surface area (TPSA) is 38.7 Å². The standard InChI is InChI=1S/C6H10NO2S.Y/c1-6(2)4-5(7-9-6)10(3)8;/h3-4H2,1-2H3;/q-1;. The van der Waals surface area contributed by atoms with Gasteiger partial charge in [-0.15, -0.1) is 0 Å². The zero-order valence-corrected chi connectivity index (χ0v) is 10.3. The van der Waals surface area contributed by atoms with E-state index < -0.39 is 10.8 Å². The summed E-state index contributed by atoms with van der Waals surface area (Å²) in [5.41, 5.74) is -0.289. The third-order valence-electron chi connectivity index (χ3n) is 1.23. The maximum absolute atomic E-state index is 10.7. The Kier molecular flexibility index (Phi) is 4.37. The van der Waals surface area contributed by atoms with Crippen LogP contribution in [-0.2, 0) is 48.3 Å². The molecule has 1 unspecified atom stereocenters. The van der Waals surface area contributed by atoms with Crippen LogP contribution in [-0.4, -0.2) is 14.9 Å². The maximum atomic E-state index is 10.7. The fraction of sp³-hybridized carbons (Fsp3) is 0.667. The van der Waals surface area contributed by atoms with Gasteiger partial charge in [0.1, 0.15) is 10.6 Å². The van der Waals surface area contributed by atoms with Crippen LogP contribution >= 0.6 is 0 Å². The summed E-state index contributed by atoms with van der Waals surface area (Å²) in [7, 11) is -1.21. The van der Waals surface area contributed by atoms with Gasteiger partial charge >= 0.3 is 0 Å². The van der Waals surface area contributed by atoms with E-state index in [4.69, 9.17) is 4.84 Å². The van der Waals surface area contributed by atoms with Crippen LogP contribution in [0, 0.1) is 6.26 Å². The van der Waals surface area contributed by atoms with Gasteiger partial charge in [-0.3, -0.25) is 4.21 Å². The SMILES string of the molecule is [CH2-]S(=O)C1=NOC(C)(C)C1.[Y]. The normalized spacial score (nSPS) is 23.0. The van der Waals surface area contributed by atoms with Gasteiger partial charge in [0, 0.05) is 39.1 Å². The Morgan fingerprint density at radius 3 is 2.45 bits per heavy atom. The molecule has 1 heterocycles. The summed E-state index contributed by atoms with van der Waals surface area (Å²) in [5.74, 6) is 0. The van der Waals surface area contributed by atoms with Crippen molar-refractivity contribution in [3.63, 3.8) is 0 Å². The first-order valence-electron chi connectivity index (χ1n) is 2.98. The largest absolute Gasteiger partial charge is 0.389 e. The minimum atomic E-state index is -1.21. The summed E-state index contributed by atoms with van der Waals surface area (Å²) < 4.78 is 10.7. The van der Waals surface area contributed by atoms with Crippen molar-refractivity contribution in [3.05, 3.63) is 6.26 Å². The Labute approximate surface area is 94.3 Å². The molecule has 5 heteroatoms. The molecular weight excluding hydrogens is 239 g/mol. The second-order valence-electron chi connectivity index (χ2n) is 2.86. The van der Waals surface area contributed by atoms with Gasteiger partial charge in [0.25, 0.3) is 0 Å². The van der Waals surface area contributed by atoms with Gasteiger partial charge < -0.3 is 4.84 Å². The predicted molar refractivity (Wildman–Crippen MR) is 40.7 cm³/mol. The second kappa shape index (κ2) is 4.10. The molecule has 0 saturated heterocycles. The van der Waals surface area contributed by atoms with Crippen molar-refractivity contribution < 1.29 is 41.8 Å². The van der Waals surface area contributed by atoms with Gasteiger partial charge in [-0.25, -0.2) is 6.26 Å². The minimum absolute atomic E-state index is 0. The van der Waals surface area contributed by atoms with Crippen molar-refractivity contribution in [3.8, 4) is 0 Å². The van der Waals surface area contributed by atoms with Crippen molar-refractivity contribution in [1.29, 1.82) is 0 Å². The molecule has 0 aliphatic carbocycles. The molecule has 1 radical (unpaired) electrons. The van der Waals surface area contributed by atoms with Gasteiger partial charge in [0.2, 0.25) is 0 Å². The fourth-order valence-corrected chi connectivity index (χ4v) is 1.35. The Balaban J connectivity index is 0.000001000. The Morgan fingerprint density at radius 2 is 2.27 bits per heavy atom. The minimum Gasteiger partial charge on any atom is -0.389 e. The van der Waals surface area contributed by atoms with E-state index in [9.17, 15) is 4.21 Å². The van der Waals surface area contributed by atoms with Gasteiger partial charge in [-0.2, -0.15) is 0 Å². The first kappa shape index (κ1) is 11.7. The van der Waals surface area contributed by atoms with E-state index in [0.29, 0.717) is 11.5 Å². The van der Waals surface area contributed by atoms with E-state index in [2.05, 4.69) is 11.4 Å². The van der Waals surface area contributed by atoms with Crippen LogP contribution in [0.3, 0.4) is 0 Å². The summed E-state index contributed by atoms with van der Waals surface area (Å²) >= 11 is 0. The van der Waals surface area contributed by atoms with E-state index in [1.54, 1.807) is 0 Å². The van der Waals surface area contributed by atoms with E-state index in [1.807, 2.05) is 13.8 Å². The average molecular weight is 249 g/mol. The van der Waals surface area contributed by atoms with Crippen LogP contribution in [0.2, 0.25) is 0 Å². The van der Waals surface area contributed by atoms with Crippen LogP contribution in [0.25, 0.3) is 0 Å². The molecule has 0 fully saturated rings. The third-order valence-corrected chi connectivity index (χ3v) is 1.98. The molecule has 3 nitrogen and oxygen atoms in total. The van der Waals surface area contributed by atoms with Crippen molar-refractivity contribution in [2.24, 2.45) is 5.16 Å². The zero-order chi connectivity index (χ0) is 7.78. The van der Waals surface area contributed by atoms with Crippen LogP contribution in [0.5, 0.6) is 0 Å². The van der Waals surface area contributed by atoms with E-state index in [0.717, 1.165) is 0 Å². The average Bonchev–Trinajstić information content (AvgIpc) is 2.10. The summed E-state index contributed by atoms with van der Waals surface area (Å²) in [6.07, 6.45) is 3.96. The molecule has 1 aliphatic heterocycles. The van der Waals surface area contributed by atoms with Crippen LogP contribution in [0.4, 0.5) is 0 Å². The number of hydrogen-bond acceptors (Lipinski definition) is 3. The number of hydrogen-bond donors (Lipinski definition) is 0. The van der Waals surface area contributed by atoms with E-state index >= 15 is 0 Å². The van der Waals surface area contributed by atoms with Crippen molar-refractivity contribution >= 4 is 15.8 Å². The first-order valence-corrected chi connectivity index (χ1v) is 4.30. The van der Waals surface area contributed by atoms with Gasteiger partial charge in [0.05, 0.1) is 0 Å². The summed E-state index contributed by atoms with van der Waals surface area (Å²) in [6, 6.07) is 0. The van der Waals surface area contributed by atoms with Crippen molar-refractivity contribution in [2.45, 2.75) is 25.9 Å². The number of nitrogens with zero attached hydrogens (tertiary/aromatic N) is 1. The molecular formula is C6H10NO2SY-.